The molecule has 0 amide bonds. The van der Waals surface area contributed by atoms with Gasteiger partial charge in [0.2, 0.25) is 5.12 Å². The van der Waals surface area contributed by atoms with Crippen molar-refractivity contribution >= 4 is 35.3 Å². The van der Waals surface area contributed by atoms with Gasteiger partial charge in [0.25, 0.3) is 0 Å². The van der Waals surface area contributed by atoms with Crippen molar-refractivity contribution in [1.82, 2.24) is 0 Å². The van der Waals surface area contributed by atoms with E-state index in [0.717, 1.165) is 16.7 Å². The predicted octanol–water partition coefficient (Wildman–Crippen LogP) is -3.18. The van der Waals surface area contributed by atoms with Gasteiger partial charge < -0.3 is 32.8 Å². The minimum absolute atomic E-state index is 0. The smallest absolute Gasteiger partial charge is 1.00 e. The van der Waals surface area contributed by atoms with Gasteiger partial charge in [-0.2, -0.15) is 0 Å². The van der Waals surface area contributed by atoms with E-state index in [4.69, 9.17) is 10.5 Å². The summed E-state index contributed by atoms with van der Waals surface area (Å²) < 4.78 is 4.87. The van der Waals surface area contributed by atoms with Gasteiger partial charge in [0.05, 0.1) is 12.5 Å². The van der Waals surface area contributed by atoms with E-state index in [2.05, 4.69) is 0 Å². The molecule has 0 spiro atoms. The molecular formula is C10H11Cl2NO4SZn. The third kappa shape index (κ3) is 10.2. The topological polar surface area (TPSA) is 92.5 Å². The van der Waals surface area contributed by atoms with Crippen molar-refractivity contribution in [2.24, 2.45) is 5.73 Å². The molecule has 0 aromatic heterocycles. The van der Waals surface area contributed by atoms with Crippen LogP contribution < -0.4 is 28.0 Å². The average molecular weight is 378 g/mol. The van der Waals surface area contributed by atoms with Crippen LogP contribution >= 0.6 is 24.2 Å². The van der Waals surface area contributed by atoms with Crippen molar-refractivity contribution in [3.63, 3.8) is 0 Å². The molecule has 1 aromatic carbocycles. The van der Waals surface area contributed by atoms with Crippen molar-refractivity contribution < 1.29 is 51.3 Å². The number of ether oxygens (including phenoxy) is 1. The van der Waals surface area contributed by atoms with E-state index >= 15 is 0 Å². The first kappa shape index (κ1) is 23.7. The standard InChI is InChI=1S/C10H11NO4S.2ClH.Zn/c11-5-10(14)16-8-3-1-7(2-4-8)15-6-9(12)13;;;/h1-4H,5-6,11H2,(H,12,13);2*1H;/q;;;+2/p-2. The quantitative estimate of drug-likeness (QED) is 0.430. The molecule has 2 N–H and O–H groups in total. The Kier molecular flexibility index (Phi) is 15.9. The van der Waals surface area contributed by atoms with Crippen molar-refractivity contribution in [2.75, 3.05) is 13.2 Å². The number of nitrogens with two attached hydrogens (primary N) is 1. The molecule has 0 fully saturated rings. The van der Waals surface area contributed by atoms with Gasteiger partial charge in [-0.1, -0.05) is 11.8 Å². The molecule has 0 bridgehead atoms. The molecule has 0 atom stereocenters. The second-order valence-corrected chi connectivity index (χ2v) is 3.94. The minimum Gasteiger partial charge on any atom is -1.00 e. The van der Waals surface area contributed by atoms with Crippen LogP contribution in [-0.4, -0.2) is 24.2 Å². The molecule has 0 saturated carbocycles. The Balaban J connectivity index is -0.000000853. The first-order valence-electron chi connectivity index (χ1n) is 4.45. The molecule has 0 radical (unpaired) electrons. The Bertz CT molecular complexity index is 392. The maximum Gasteiger partial charge on any atom is 2.00 e. The van der Waals surface area contributed by atoms with Crippen molar-refractivity contribution in [1.29, 1.82) is 0 Å². The predicted molar refractivity (Wildman–Crippen MR) is 64.1 cm³/mol. The summed E-state index contributed by atoms with van der Waals surface area (Å²) in [6.07, 6.45) is 0. The van der Waals surface area contributed by atoms with Crippen molar-refractivity contribution in [2.45, 2.75) is 4.90 Å². The summed E-state index contributed by atoms with van der Waals surface area (Å²) >= 11 is 1.03. The van der Waals surface area contributed by atoms with Gasteiger partial charge in [-0.3, -0.25) is 4.79 Å². The van der Waals surface area contributed by atoms with E-state index < -0.39 is 12.6 Å². The molecule has 1 aromatic rings. The van der Waals surface area contributed by atoms with E-state index in [1.165, 1.54) is 0 Å². The van der Waals surface area contributed by atoms with Crippen molar-refractivity contribution in [3.8, 4) is 5.75 Å². The maximum atomic E-state index is 11.0. The summed E-state index contributed by atoms with van der Waals surface area (Å²) in [4.78, 5) is 21.9. The largest absolute Gasteiger partial charge is 2.00 e. The van der Waals surface area contributed by atoms with Crippen LogP contribution in [0.1, 0.15) is 0 Å². The van der Waals surface area contributed by atoms with Crippen LogP contribution in [0.2, 0.25) is 0 Å². The zero-order chi connectivity index (χ0) is 12.0. The normalized spacial score (nSPS) is 8.26. The first-order chi connectivity index (χ1) is 7.61. The van der Waals surface area contributed by atoms with Crippen LogP contribution in [0.3, 0.4) is 0 Å². The number of carbonyl (C=O) groups is 2. The third-order valence-electron chi connectivity index (χ3n) is 1.58. The summed E-state index contributed by atoms with van der Waals surface area (Å²) in [5, 5.41) is 9.99. The van der Waals surface area contributed by atoms with Crippen LogP contribution in [-0.2, 0) is 29.1 Å². The van der Waals surface area contributed by atoms with E-state index in [1.54, 1.807) is 24.3 Å². The zero-order valence-electron chi connectivity index (χ0n) is 9.84. The molecule has 0 heterocycles. The van der Waals surface area contributed by atoms with Gasteiger partial charge in [-0.15, -0.1) is 12.4 Å². The Hall–Kier alpha value is -0.327. The van der Waals surface area contributed by atoms with Gasteiger partial charge >= 0.3 is 19.5 Å². The summed E-state index contributed by atoms with van der Waals surface area (Å²) in [6, 6.07) is 6.47. The van der Waals surface area contributed by atoms with E-state index in [0.29, 0.717) is 5.75 Å². The van der Waals surface area contributed by atoms with Crippen LogP contribution in [0.4, 0.5) is 0 Å². The molecule has 0 aliphatic heterocycles. The number of hydrogen-bond donors (Lipinski definition) is 1. The molecule has 102 valence electrons. The van der Waals surface area contributed by atoms with Crippen molar-refractivity contribution in [3.05, 3.63) is 24.3 Å². The van der Waals surface area contributed by atoms with E-state index in [9.17, 15) is 14.7 Å². The molecule has 1 rings (SSSR count). The zero-order valence-corrected chi connectivity index (χ0v) is 15.2. The Morgan fingerprint density at radius 3 is 2.21 bits per heavy atom. The molecule has 5 nitrogen and oxygen atoms in total. The Morgan fingerprint density at radius 1 is 1.26 bits per heavy atom. The number of hydrogen-bond acceptors (Lipinski definition) is 6. The molecule has 0 aliphatic carbocycles. The van der Waals surface area contributed by atoms with Gasteiger partial charge in [-0.25, -0.2) is 0 Å². The van der Waals surface area contributed by atoms with Crippen LogP contribution in [0.15, 0.2) is 29.2 Å². The van der Waals surface area contributed by atoms with E-state index in [1.807, 2.05) is 0 Å². The Morgan fingerprint density at radius 2 is 1.79 bits per heavy atom. The number of carboxylic acid groups (broad SMARTS) is 1. The third-order valence-corrected chi connectivity index (χ3v) is 2.48. The number of rotatable bonds is 5. The number of benzene rings is 1. The fourth-order valence-electron chi connectivity index (χ4n) is 0.919. The fourth-order valence-corrected chi connectivity index (χ4v) is 1.54. The Labute approximate surface area is 140 Å². The molecule has 0 aliphatic rings. The maximum absolute atomic E-state index is 11.0. The monoisotopic (exact) mass is 375 g/mol. The minimum atomic E-state index is -1.28. The second kappa shape index (κ2) is 12.7. The number of aliphatic carboxylic acids is 1. The van der Waals surface area contributed by atoms with Gasteiger partial charge in [-0.05, 0) is 24.3 Å². The molecule has 0 unspecified atom stereocenters. The van der Waals surface area contributed by atoms with Crippen LogP contribution in [0, 0.1) is 0 Å². The molecule has 9 heteroatoms. The van der Waals surface area contributed by atoms with E-state index in [-0.39, 0.29) is 56.0 Å². The average Bonchev–Trinajstić information content (AvgIpc) is 2.28. The molecule has 19 heavy (non-hydrogen) atoms. The number of carbonyl (C=O) groups excluding carboxylic acids is 2. The van der Waals surface area contributed by atoms with Crippen LogP contribution in [0.5, 0.6) is 5.75 Å². The SMILES string of the molecule is Cl.NCC(=O)Sc1ccc(OCC(=O)[O-])cc1.[Cl-].[Zn+2]. The van der Waals surface area contributed by atoms with Gasteiger partial charge in [0, 0.05) is 4.90 Å². The number of thioether (sulfide) groups is 1. The molecular weight excluding hydrogens is 366 g/mol. The van der Waals surface area contributed by atoms with Gasteiger partial charge in [0.1, 0.15) is 12.4 Å². The fraction of sp³-hybridized carbons (Fsp3) is 0.200. The number of carboxylic acids is 1. The summed E-state index contributed by atoms with van der Waals surface area (Å²) in [6.45, 7) is -0.512. The van der Waals surface area contributed by atoms with Crippen LogP contribution in [0.25, 0.3) is 0 Å². The van der Waals surface area contributed by atoms with Gasteiger partial charge in [0.15, 0.2) is 0 Å². The summed E-state index contributed by atoms with van der Waals surface area (Å²) in [5.74, 6) is -0.870. The summed E-state index contributed by atoms with van der Waals surface area (Å²) in [5.41, 5.74) is 5.16. The number of halogens is 2. The second-order valence-electron chi connectivity index (χ2n) is 2.81. The summed E-state index contributed by atoms with van der Waals surface area (Å²) in [7, 11) is 0. The first-order valence-corrected chi connectivity index (χ1v) is 5.27. The molecule has 0 saturated heterocycles.